The third-order valence-electron chi connectivity index (χ3n) is 2.41. The van der Waals surface area contributed by atoms with Crippen LogP contribution in [0.2, 0.25) is 0 Å². The van der Waals surface area contributed by atoms with Crippen molar-refractivity contribution >= 4 is 11.7 Å². The van der Waals surface area contributed by atoms with Crippen molar-refractivity contribution in [3.63, 3.8) is 0 Å². The van der Waals surface area contributed by atoms with Crippen LogP contribution < -0.4 is 11.1 Å². The van der Waals surface area contributed by atoms with Crippen molar-refractivity contribution in [2.24, 2.45) is 5.73 Å². The third kappa shape index (κ3) is 2.89. The molecule has 0 fully saturated rings. The smallest absolute Gasteiger partial charge is 0.247 e. The molecule has 5 heteroatoms. The summed E-state index contributed by atoms with van der Waals surface area (Å²) in [6.07, 6.45) is 0. The summed E-state index contributed by atoms with van der Waals surface area (Å²) >= 11 is 0. The highest BCUT2D eigenvalue weighted by molar-refractivity contribution is 5.94. The predicted octanol–water partition coefficient (Wildman–Crippen LogP) is 1.86. The molecule has 0 aliphatic heterocycles. The van der Waals surface area contributed by atoms with Gasteiger partial charge < -0.3 is 11.1 Å². The maximum absolute atomic E-state index is 12.8. The summed E-state index contributed by atoms with van der Waals surface area (Å²) in [4.78, 5) is 15.4. The molecule has 18 heavy (non-hydrogen) atoms. The van der Waals surface area contributed by atoms with Crippen LogP contribution in [0.25, 0.3) is 0 Å². The second-order valence-corrected chi connectivity index (χ2v) is 3.72. The van der Waals surface area contributed by atoms with E-state index in [-0.39, 0.29) is 5.82 Å². The number of nitrogens with one attached hydrogen (secondary N) is 1. The van der Waals surface area contributed by atoms with E-state index in [1.54, 1.807) is 24.3 Å². The van der Waals surface area contributed by atoms with Crippen LogP contribution in [0, 0.1) is 5.95 Å². The lowest BCUT2D eigenvalue weighted by molar-refractivity contribution is -0.117. The van der Waals surface area contributed by atoms with E-state index >= 15 is 0 Å². The average molecular weight is 245 g/mol. The van der Waals surface area contributed by atoms with Crippen LogP contribution in [-0.2, 0) is 4.79 Å². The number of hydrogen-bond acceptors (Lipinski definition) is 3. The number of amides is 1. The topological polar surface area (TPSA) is 68.0 Å². The second-order valence-electron chi connectivity index (χ2n) is 3.72. The molecule has 1 amide bonds. The number of carbonyl (C=O) groups excluding carboxylic acids is 1. The molecular weight excluding hydrogens is 233 g/mol. The van der Waals surface area contributed by atoms with Crippen LogP contribution in [0.5, 0.6) is 0 Å². The summed E-state index contributed by atoms with van der Waals surface area (Å²) in [5.41, 5.74) is 6.48. The van der Waals surface area contributed by atoms with E-state index in [4.69, 9.17) is 5.73 Å². The molecule has 0 unspecified atom stereocenters. The monoisotopic (exact) mass is 245 g/mol. The predicted molar refractivity (Wildman–Crippen MR) is 66.2 cm³/mol. The molecule has 1 heterocycles. The maximum atomic E-state index is 12.8. The lowest BCUT2D eigenvalue weighted by Gasteiger charge is -2.11. The van der Waals surface area contributed by atoms with E-state index in [9.17, 15) is 9.18 Å². The molecule has 0 radical (unpaired) electrons. The van der Waals surface area contributed by atoms with Crippen molar-refractivity contribution in [3.05, 3.63) is 60.0 Å². The highest BCUT2D eigenvalue weighted by Gasteiger charge is 2.15. The van der Waals surface area contributed by atoms with Crippen molar-refractivity contribution < 1.29 is 9.18 Å². The lowest BCUT2D eigenvalue weighted by Crippen LogP contribution is -2.28. The van der Waals surface area contributed by atoms with Crippen LogP contribution in [0.3, 0.4) is 0 Å². The molecule has 3 N–H and O–H groups in total. The number of anilines is 1. The van der Waals surface area contributed by atoms with Crippen molar-refractivity contribution in [2.75, 3.05) is 5.32 Å². The maximum Gasteiger partial charge on any atom is 0.247 e. The van der Waals surface area contributed by atoms with Crippen LogP contribution in [0.1, 0.15) is 11.6 Å². The summed E-state index contributed by atoms with van der Waals surface area (Å²) in [7, 11) is 0. The molecule has 1 aromatic heterocycles. The highest BCUT2D eigenvalue weighted by atomic mass is 19.1. The minimum atomic E-state index is -0.809. The number of pyridine rings is 1. The van der Waals surface area contributed by atoms with Crippen molar-refractivity contribution in [3.8, 4) is 0 Å². The normalized spacial score (nSPS) is 11.9. The average Bonchev–Trinajstić information content (AvgIpc) is 2.39. The summed E-state index contributed by atoms with van der Waals surface area (Å²) < 4.78 is 12.8. The minimum absolute atomic E-state index is 0.145. The van der Waals surface area contributed by atoms with Crippen molar-refractivity contribution in [1.29, 1.82) is 0 Å². The molecule has 0 saturated heterocycles. The number of hydrogen-bond donors (Lipinski definition) is 2. The molecule has 0 aliphatic carbocycles. The largest absolute Gasteiger partial charge is 0.316 e. The second kappa shape index (κ2) is 5.37. The number of halogens is 1. The molecule has 0 saturated carbocycles. The quantitative estimate of drug-likeness (QED) is 0.811. The SMILES string of the molecule is N[C@@H](C(=O)Nc1cccc(F)n1)c1ccccc1. The standard InChI is InChI=1S/C13H12FN3O/c14-10-7-4-8-11(16-10)17-13(18)12(15)9-5-2-1-3-6-9/h1-8,12H,15H2,(H,16,17,18)/t12-/m1/s1. The van der Waals surface area contributed by atoms with Gasteiger partial charge in [0.05, 0.1) is 0 Å². The van der Waals surface area contributed by atoms with Gasteiger partial charge in [0, 0.05) is 0 Å². The Labute approximate surface area is 104 Å². The van der Waals surface area contributed by atoms with Crippen molar-refractivity contribution in [2.45, 2.75) is 6.04 Å². The Morgan fingerprint density at radius 2 is 1.89 bits per heavy atom. The van der Waals surface area contributed by atoms with Gasteiger partial charge in [-0.25, -0.2) is 4.98 Å². The Kier molecular flexibility index (Phi) is 3.64. The Morgan fingerprint density at radius 3 is 2.56 bits per heavy atom. The first kappa shape index (κ1) is 12.2. The van der Waals surface area contributed by atoms with E-state index < -0.39 is 17.9 Å². The molecule has 1 aromatic carbocycles. The van der Waals surface area contributed by atoms with Gasteiger partial charge in [0.2, 0.25) is 11.9 Å². The molecule has 2 rings (SSSR count). The highest BCUT2D eigenvalue weighted by Crippen LogP contribution is 2.12. The first-order valence-corrected chi connectivity index (χ1v) is 5.41. The zero-order valence-corrected chi connectivity index (χ0v) is 9.51. The van der Waals surface area contributed by atoms with E-state index in [2.05, 4.69) is 10.3 Å². The Bertz CT molecular complexity index is 545. The van der Waals surface area contributed by atoms with Gasteiger partial charge in [0.25, 0.3) is 0 Å². The third-order valence-corrected chi connectivity index (χ3v) is 2.41. The van der Waals surface area contributed by atoms with E-state index in [0.29, 0.717) is 5.56 Å². The molecular formula is C13H12FN3O. The fraction of sp³-hybridized carbons (Fsp3) is 0.0769. The Balaban J connectivity index is 2.09. The number of carbonyl (C=O) groups is 1. The van der Waals surface area contributed by atoms with Gasteiger partial charge in [0.1, 0.15) is 11.9 Å². The molecule has 2 aromatic rings. The van der Waals surface area contributed by atoms with Crippen LogP contribution in [-0.4, -0.2) is 10.9 Å². The Hall–Kier alpha value is -2.27. The molecule has 0 spiro atoms. The number of nitrogens with zero attached hydrogens (tertiary/aromatic N) is 1. The van der Waals surface area contributed by atoms with Gasteiger partial charge in [0.15, 0.2) is 0 Å². The van der Waals surface area contributed by atoms with Crippen LogP contribution in [0.4, 0.5) is 10.2 Å². The molecule has 92 valence electrons. The Morgan fingerprint density at radius 1 is 1.17 bits per heavy atom. The fourth-order valence-electron chi connectivity index (χ4n) is 1.49. The van der Waals surface area contributed by atoms with Gasteiger partial charge in [-0.2, -0.15) is 4.39 Å². The number of aromatic nitrogens is 1. The van der Waals surface area contributed by atoms with Crippen molar-refractivity contribution in [1.82, 2.24) is 4.98 Å². The van der Waals surface area contributed by atoms with E-state index in [0.717, 1.165) is 0 Å². The van der Waals surface area contributed by atoms with Crippen LogP contribution in [0.15, 0.2) is 48.5 Å². The summed E-state index contributed by atoms with van der Waals surface area (Å²) in [6, 6.07) is 12.3. The number of rotatable bonds is 3. The first-order valence-electron chi connectivity index (χ1n) is 5.41. The summed E-state index contributed by atoms with van der Waals surface area (Å²) in [5, 5.41) is 2.47. The lowest BCUT2D eigenvalue weighted by atomic mass is 10.1. The first-order chi connectivity index (χ1) is 8.66. The van der Waals surface area contributed by atoms with Gasteiger partial charge in [-0.1, -0.05) is 36.4 Å². The van der Waals surface area contributed by atoms with Crippen LogP contribution >= 0.6 is 0 Å². The van der Waals surface area contributed by atoms with Gasteiger partial charge in [-0.05, 0) is 17.7 Å². The number of nitrogens with two attached hydrogens (primary N) is 1. The fourth-order valence-corrected chi connectivity index (χ4v) is 1.49. The molecule has 4 nitrogen and oxygen atoms in total. The zero-order chi connectivity index (χ0) is 13.0. The zero-order valence-electron chi connectivity index (χ0n) is 9.51. The molecule has 0 bridgehead atoms. The summed E-state index contributed by atoms with van der Waals surface area (Å²) in [6.45, 7) is 0. The van der Waals surface area contributed by atoms with Gasteiger partial charge in [-0.3, -0.25) is 4.79 Å². The molecule has 1 atom stereocenters. The summed E-state index contributed by atoms with van der Waals surface area (Å²) in [5.74, 6) is -0.938. The van der Waals surface area contributed by atoms with E-state index in [1.807, 2.05) is 6.07 Å². The van der Waals surface area contributed by atoms with Gasteiger partial charge in [-0.15, -0.1) is 0 Å². The van der Waals surface area contributed by atoms with Gasteiger partial charge >= 0.3 is 0 Å². The van der Waals surface area contributed by atoms with E-state index in [1.165, 1.54) is 18.2 Å². The minimum Gasteiger partial charge on any atom is -0.316 e. The molecule has 0 aliphatic rings. The number of benzene rings is 1.